The molecule has 194 valence electrons. The minimum Gasteiger partial charge on any atom is -0.369 e. The molecule has 0 radical (unpaired) electrons. The minimum atomic E-state index is -4.42. The Labute approximate surface area is 211 Å². The molecule has 2 saturated carbocycles. The van der Waals surface area contributed by atoms with Gasteiger partial charge in [-0.1, -0.05) is 36.4 Å². The number of rotatable bonds is 10. The molecule has 2 fully saturated rings. The number of carbonyl (C=O) groups excluding carboxylic acids is 1. The molecule has 10 heteroatoms. The summed E-state index contributed by atoms with van der Waals surface area (Å²) in [7, 11) is 0. The Morgan fingerprint density at radius 2 is 1.41 bits per heavy atom. The van der Waals surface area contributed by atoms with Gasteiger partial charge in [0.15, 0.2) is 11.6 Å². The van der Waals surface area contributed by atoms with Gasteiger partial charge in [0.25, 0.3) is 0 Å². The molecular weight excluding hydrogens is 486 g/mol. The Hall–Kier alpha value is -3.69. The zero-order valence-electron chi connectivity index (χ0n) is 20.0. The lowest BCUT2D eigenvalue weighted by Crippen LogP contribution is -2.41. The van der Waals surface area contributed by atoms with Crippen molar-refractivity contribution in [2.75, 3.05) is 10.6 Å². The van der Waals surface area contributed by atoms with Crippen LogP contribution in [-0.2, 0) is 29.5 Å². The first-order chi connectivity index (χ1) is 17.7. The van der Waals surface area contributed by atoms with Gasteiger partial charge in [-0.05, 0) is 66.3 Å². The van der Waals surface area contributed by atoms with Gasteiger partial charge in [-0.3, -0.25) is 4.79 Å². The van der Waals surface area contributed by atoms with Crippen LogP contribution in [0.1, 0.15) is 47.9 Å². The maximum Gasteiger partial charge on any atom is 0.416 e. The summed E-state index contributed by atoms with van der Waals surface area (Å²) in [6.07, 6.45) is 0.632. The number of aromatic nitrogens is 2. The van der Waals surface area contributed by atoms with Gasteiger partial charge in [-0.15, -0.1) is 0 Å². The van der Waals surface area contributed by atoms with Gasteiger partial charge < -0.3 is 16.4 Å². The zero-order chi connectivity index (χ0) is 26.2. The monoisotopic (exact) mass is 513 g/mol. The first-order valence-corrected chi connectivity index (χ1v) is 12.2. The molecule has 5 rings (SSSR count). The SMILES string of the molecule is NC(=O)Cc1ccc(CNc2ncnc(NC(c3ccc(C(F)(F)F)cc3)(C3CC3)C3CC3)c2F)cc1. The second-order valence-electron chi connectivity index (χ2n) is 9.82. The first kappa shape index (κ1) is 25.0. The number of benzene rings is 2. The van der Waals surface area contributed by atoms with Crippen molar-refractivity contribution >= 4 is 17.5 Å². The van der Waals surface area contributed by atoms with E-state index in [4.69, 9.17) is 5.73 Å². The third kappa shape index (κ3) is 5.38. The summed E-state index contributed by atoms with van der Waals surface area (Å²) in [5.74, 6) is -0.661. The number of nitrogens with two attached hydrogens (primary N) is 1. The van der Waals surface area contributed by atoms with Crippen molar-refractivity contribution in [3.8, 4) is 0 Å². The van der Waals surface area contributed by atoms with Gasteiger partial charge in [0.1, 0.15) is 6.33 Å². The largest absolute Gasteiger partial charge is 0.416 e. The smallest absolute Gasteiger partial charge is 0.369 e. The molecule has 37 heavy (non-hydrogen) atoms. The molecule has 0 aliphatic heterocycles. The predicted octanol–water partition coefficient (Wildman–Crippen LogP) is 5.40. The highest BCUT2D eigenvalue weighted by Gasteiger charge is 2.56. The molecule has 2 aliphatic rings. The van der Waals surface area contributed by atoms with E-state index in [-0.39, 0.29) is 29.9 Å². The molecule has 0 bridgehead atoms. The minimum absolute atomic E-state index is 0.0200. The number of amides is 1. The van der Waals surface area contributed by atoms with E-state index >= 15 is 4.39 Å². The Morgan fingerprint density at radius 3 is 1.95 bits per heavy atom. The molecule has 6 nitrogen and oxygen atoms in total. The molecule has 0 saturated heterocycles. The molecule has 0 unspecified atom stereocenters. The van der Waals surface area contributed by atoms with Gasteiger partial charge in [0.05, 0.1) is 17.5 Å². The second-order valence-corrected chi connectivity index (χ2v) is 9.82. The van der Waals surface area contributed by atoms with Crippen LogP contribution in [0.4, 0.5) is 29.2 Å². The van der Waals surface area contributed by atoms with Crippen molar-refractivity contribution in [3.05, 3.63) is 82.9 Å². The van der Waals surface area contributed by atoms with Gasteiger partial charge in [0.2, 0.25) is 11.7 Å². The molecule has 2 aromatic carbocycles. The number of hydrogen-bond acceptors (Lipinski definition) is 5. The summed E-state index contributed by atoms with van der Waals surface area (Å²) in [5.41, 5.74) is 6.18. The Morgan fingerprint density at radius 1 is 0.865 bits per heavy atom. The van der Waals surface area contributed by atoms with E-state index in [2.05, 4.69) is 20.6 Å². The van der Waals surface area contributed by atoms with Crippen molar-refractivity contribution in [1.82, 2.24) is 9.97 Å². The van der Waals surface area contributed by atoms with Crippen molar-refractivity contribution in [2.24, 2.45) is 17.6 Å². The molecule has 4 N–H and O–H groups in total. The van der Waals surface area contributed by atoms with E-state index in [1.165, 1.54) is 18.5 Å². The highest BCUT2D eigenvalue weighted by Crippen LogP contribution is 2.59. The molecule has 1 heterocycles. The van der Waals surface area contributed by atoms with Crippen molar-refractivity contribution < 1.29 is 22.4 Å². The molecule has 1 amide bonds. The summed E-state index contributed by atoms with van der Waals surface area (Å²) in [5, 5.41) is 6.32. The fourth-order valence-electron chi connectivity index (χ4n) is 5.03. The van der Waals surface area contributed by atoms with Crippen LogP contribution in [0.2, 0.25) is 0 Å². The summed E-state index contributed by atoms with van der Waals surface area (Å²) in [6, 6.07) is 12.4. The maximum absolute atomic E-state index is 15.6. The molecular formula is C27H27F4N5O. The standard InChI is InChI=1S/C27H27F4N5O/c28-23-24(33-14-17-3-1-16(2-4-17)13-22(32)37)34-15-35-25(23)36-26(18-5-6-18,19-7-8-19)20-9-11-21(12-10-20)27(29,30)31/h1-4,9-12,15,18-19H,5-8,13-14H2,(H2,32,37)(H2,33,34,35,36). The first-order valence-electron chi connectivity index (χ1n) is 12.2. The highest BCUT2D eigenvalue weighted by atomic mass is 19.4. The summed E-state index contributed by atoms with van der Waals surface area (Å²) in [4.78, 5) is 19.3. The van der Waals surface area contributed by atoms with Crippen LogP contribution in [0.25, 0.3) is 0 Å². The molecule has 1 aromatic heterocycles. The Bertz CT molecular complexity index is 1260. The summed E-state index contributed by atoms with van der Waals surface area (Å²) >= 11 is 0. The van der Waals surface area contributed by atoms with E-state index in [1.54, 1.807) is 12.1 Å². The molecule has 0 atom stereocenters. The summed E-state index contributed by atoms with van der Waals surface area (Å²) < 4.78 is 55.0. The number of anilines is 2. The number of primary amides is 1. The molecule has 2 aliphatic carbocycles. The maximum atomic E-state index is 15.6. The quantitative estimate of drug-likeness (QED) is 0.316. The van der Waals surface area contributed by atoms with E-state index in [0.717, 1.165) is 48.9 Å². The van der Waals surface area contributed by atoms with Crippen molar-refractivity contribution in [1.29, 1.82) is 0 Å². The highest BCUT2D eigenvalue weighted by molar-refractivity contribution is 5.76. The topological polar surface area (TPSA) is 92.9 Å². The van der Waals surface area contributed by atoms with Crippen LogP contribution in [-0.4, -0.2) is 15.9 Å². The average Bonchev–Trinajstić information content (AvgIpc) is 3.76. The normalized spacial score (nSPS) is 15.9. The van der Waals surface area contributed by atoms with E-state index in [9.17, 15) is 18.0 Å². The lowest BCUT2D eigenvalue weighted by molar-refractivity contribution is -0.137. The number of halogens is 4. The Kier molecular flexibility index (Phi) is 6.51. The summed E-state index contributed by atoms with van der Waals surface area (Å²) in [6.45, 7) is 0.291. The second kappa shape index (κ2) is 9.64. The van der Waals surface area contributed by atoms with Crippen LogP contribution in [0.5, 0.6) is 0 Å². The number of nitrogens with one attached hydrogen (secondary N) is 2. The predicted molar refractivity (Wildman–Crippen MR) is 131 cm³/mol. The van der Waals surface area contributed by atoms with Gasteiger partial charge in [-0.2, -0.15) is 17.6 Å². The van der Waals surface area contributed by atoms with Gasteiger partial charge in [-0.25, -0.2) is 9.97 Å². The van der Waals surface area contributed by atoms with Crippen molar-refractivity contribution in [2.45, 2.75) is 50.4 Å². The van der Waals surface area contributed by atoms with E-state index in [1.807, 2.05) is 12.1 Å². The van der Waals surface area contributed by atoms with Crippen LogP contribution >= 0.6 is 0 Å². The van der Waals surface area contributed by atoms with Crippen LogP contribution in [0.15, 0.2) is 54.9 Å². The van der Waals surface area contributed by atoms with Crippen LogP contribution in [0, 0.1) is 17.7 Å². The van der Waals surface area contributed by atoms with Gasteiger partial charge >= 0.3 is 6.18 Å². The number of alkyl halides is 3. The third-order valence-corrected chi connectivity index (χ3v) is 7.11. The van der Waals surface area contributed by atoms with E-state index in [0.29, 0.717) is 12.1 Å². The van der Waals surface area contributed by atoms with Gasteiger partial charge in [0, 0.05) is 6.54 Å². The van der Waals surface area contributed by atoms with Crippen molar-refractivity contribution in [3.63, 3.8) is 0 Å². The molecule has 0 spiro atoms. The number of hydrogen-bond donors (Lipinski definition) is 3. The zero-order valence-corrected chi connectivity index (χ0v) is 20.0. The van der Waals surface area contributed by atoms with E-state index < -0.39 is 29.0 Å². The lowest BCUT2D eigenvalue weighted by Gasteiger charge is -2.37. The number of nitrogens with zero attached hydrogens (tertiary/aromatic N) is 2. The fraction of sp³-hybridized carbons (Fsp3) is 0.370. The van der Waals surface area contributed by atoms with Crippen LogP contribution < -0.4 is 16.4 Å². The molecule has 3 aromatic rings. The average molecular weight is 514 g/mol. The number of carbonyl (C=O) groups is 1. The lowest BCUT2D eigenvalue weighted by atomic mass is 9.79. The third-order valence-electron chi connectivity index (χ3n) is 7.11. The fourth-order valence-corrected chi connectivity index (χ4v) is 5.03. The van der Waals surface area contributed by atoms with Crippen LogP contribution in [0.3, 0.4) is 0 Å². The Balaban J connectivity index is 1.37.